The van der Waals surface area contributed by atoms with Gasteiger partial charge in [0.2, 0.25) is 0 Å². The van der Waals surface area contributed by atoms with Gasteiger partial charge >= 0.3 is 6.03 Å². The predicted molar refractivity (Wildman–Crippen MR) is 105 cm³/mol. The van der Waals surface area contributed by atoms with E-state index < -0.39 is 0 Å². The highest BCUT2D eigenvalue weighted by Crippen LogP contribution is 2.33. The van der Waals surface area contributed by atoms with Crippen molar-refractivity contribution in [1.29, 1.82) is 0 Å². The minimum atomic E-state index is -0.0228. The van der Waals surface area contributed by atoms with E-state index in [0.717, 1.165) is 55.5 Å². The van der Waals surface area contributed by atoms with Crippen LogP contribution in [0.25, 0.3) is 0 Å². The Labute approximate surface area is 160 Å². The summed E-state index contributed by atoms with van der Waals surface area (Å²) in [4.78, 5) is 16.8. The van der Waals surface area contributed by atoms with Gasteiger partial charge in [0.25, 0.3) is 0 Å². The van der Waals surface area contributed by atoms with Crippen LogP contribution < -0.4 is 10.1 Å². The number of rotatable bonds is 6. The normalized spacial score (nSPS) is 23.6. The second-order valence-corrected chi connectivity index (χ2v) is 8.09. The number of morpholine rings is 1. The molecule has 2 fully saturated rings. The zero-order valence-corrected chi connectivity index (χ0v) is 16.5. The van der Waals surface area contributed by atoms with Crippen LogP contribution in [0.15, 0.2) is 24.3 Å². The van der Waals surface area contributed by atoms with Crippen LogP contribution in [0.2, 0.25) is 0 Å². The topological polar surface area (TPSA) is 54.0 Å². The van der Waals surface area contributed by atoms with Gasteiger partial charge in [-0.15, -0.1) is 0 Å². The molecular weight excluding hydrogens is 350 g/mol. The number of carbonyl (C=O) groups excluding carboxylic acids is 1. The van der Waals surface area contributed by atoms with Crippen molar-refractivity contribution < 1.29 is 14.3 Å². The van der Waals surface area contributed by atoms with Gasteiger partial charge in [0.1, 0.15) is 5.75 Å². The Balaban J connectivity index is 1.53. The fraction of sp³-hybridized carbons (Fsp3) is 0.632. The lowest BCUT2D eigenvalue weighted by molar-refractivity contribution is -0.0127. The number of hydrogen-bond donors (Lipinski definition) is 1. The van der Waals surface area contributed by atoms with Crippen molar-refractivity contribution in [2.75, 3.05) is 58.5 Å². The third-order valence-corrected chi connectivity index (χ3v) is 6.49. The van der Waals surface area contributed by atoms with Crippen LogP contribution in [0, 0.1) is 0 Å². The number of ether oxygens (including phenoxy) is 2. The molecule has 26 heavy (non-hydrogen) atoms. The summed E-state index contributed by atoms with van der Waals surface area (Å²) in [5.74, 6) is 3.07. The van der Waals surface area contributed by atoms with Crippen molar-refractivity contribution >= 4 is 17.8 Å². The highest BCUT2D eigenvalue weighted by Gasteiger charge is 2.41. The van der Waals surface area contributed by atoms with E-state index in [9.17, 15) is 4.79 Å². The van der Waals surface area contributed by atoms with E-state index in [1.165, 1.54) is 0 Å². The lowest BCUT2D eigenvalue weighted by Crippen LogP contribution is -2.59. The molecule has 7 heteroatoms. The summed E-state index contributed by atoms with van der Waals surface area (Å²) in [6.45, 7) is 4.77. The predicted octanol–water partition coefficient (Wildman–Crippen LogP) is 2.04. The van der Waals surface area contributed by atoms with Gasteiger partial charge in [-0.25, -0.2) is 4.79 Å². The van der Waals surface area contributed by atoms with Crippen molar-refractivity contribution in [3.05, 3.63) is 29.8 Å². The number of methoxy groups -OCH3 is 1. The average molecular weight is 380 g/mol. The molecule has 6 nitrogen and oxygen atoms in total. The van der Waals surface area contributed by atoms with E-state index in [1.807, 2.05) is 43.1 Å². The molecule has 0 spiro atoms. The Bertz CT molecular complexity index is 584. The summed E-state index contributed by atoms with van der Waals surface area (Å²) in [7, 11) is 3.49. The van der Waals surface area contributed by atoms with Crippen molar-refractivity contribution in [3.8, 4) is 5.75 Å². The van der Waals surface area contributed by atoms with Gasteiger partial charge < -0.3 is 19.7 Å². The first kappa shape index (κ1) is 19.3. The smallest absolute Gasteiger partial charge is 0.317 e. The number of nitrogens with zero attached hydrogens (tertiary/aromatic N) is 2. The molecule has 0 bridgehead atoms. The van der Waals surface area contributed by atoms with Gasteiger partial charge in [0.05, 0.1) is 20.3 Å². The minimum Gasteiger partial charge on any atom is -0.497 e. The maximum Gasteiger partial charge on any atom is 0.317 e. The van der Waals surface area contributed by atoms with Crippen molar-refractivity contribution in [2.45, 2.75) is 18.5 Å². The first-order valence-electron chi connectivity index (χ1n) is 9.15. The fourth-order valence-electron chi connectivity index (χ4n) is 3.59. The molecule has 3 rings (SSSR count). The van der Waals surface area contributed by atoms with Crippen LogP contribution in [0.5, 0.6) is 5.75 Å². The van der Waals surface area contributed by atoms with E-state index >= 15 is 0 Å². The number of nitrogens with one attached hydrogen (secondary N) is 1. The second-order valence-electron chi connectivity index (χ2n) is 6.99. The molecule has 2 aliphatic heterocycles. The van der Waals surface area contributed by atoms with E-state index in [1.54, 1.807) is 12.0 Å². The summed E-state index contributed by atoms with van der Waals surface area (Å²) in [6, 6.07) is 7.80. The highest BCUT2D eigenvalue weighted by atomic mass is 32.2. The van der Waals surface area contributed by atoms with Gasteiger partial charge in [-0.05, 0) is 29.9 Å². The Kier molecular flexibility index (Phi) is 6.67. The monoisotopic (exact) mass is 379 g/mol. The maximum absolute atomic E-state index is 12.6. The van der Waals surface area contributed by atoms with Crippen molar-refractivity contribution in [3.63, 3.8) is 0 Å². The Morgan fingerprint density at radius 2 is 2.08 bits per heavy atom. The molecule has 1 N–H and O–H groups in total. The second kappa shape index (κ2) is 8.97. The Morgan fingerprint density at radius 1 is 1.35 bits per heavy atom. The van der Waals surface area contributed by atoms with Gasteiger partial charge in [-0.2, -0.15) is 11.8 Å². The van der Waals surface area contributed by atoms with E-state index in [-0.39, 0.29) is 11.6 Å². The molecule has 0 radical (unpaired) electrons. The minimum absolute atomic E-state index is 0.0228. The third-order valence-electron chi connectivity index (χ3n) is 5.26. The highest BCUT2D eigenvalue weighted by molar-refractivity contribution is 7.99. The van der Waals surface area contributed by atoms with Crippen LogP contribution in [0.4, 0.5) is 4.79 Å². The number of carbonyl (C=O) groups is 1. The Morgan fingerprint density at radius 3 is 2.69 bits per heavy atom. The summed E-state index contributed by atoms with van der Waals surface area (Å²) in [5.41, 5.74) is 1.16. The van der Waals surface area contributed by atoms with Crippen LogP contribution in [-0.4, -0.2) is 79.9 Å². The SMILES string of the molecule is COc1ccc(CN(C)C(=O)NC[C@@]2(N3CCOCC3)CCSC2)cc1. The van der Waals surface area contributed by atoms with Crippen molar-refractivity contribution in [2.24, 2.45) is 0 Å². The van der Waals surface area contributed by atoms with E-state index in [2.05, 4.69) is 10.2 Å². The van der Waals surface area contributed by atoms with Gasteiger partial charge in [-0.1, -0.05) is 12.1 Å². The van der Waals surface area contributed by atoms with E-state index in [0.29, 0.717) is 13.1 Å². The molecule has 2 heterocycles. The first-order valence-corrected chi connectivity index (χ1v) is 10.3. The van der Waals surface area contributed by atoms with Crippen LogP contribution in [0.1, 0.15) is 12.0 Å². The lowest BCUT2D eigenvalue weighted by atomic mass is 9.95. The van der Waals surface area contributed by atoms with Crippen LogP contribution >= 0.6 is 11.8 Å². The summed E-state index contributed by atoms with van der Waals surface area (Å²) in [6.07, 6.45) is 1.13. The average Bonchev–Trinajstić information content (AvgIpc) is 3.17. The quantitative estimate of drug-likeness (QED) is 0.820. The number of hydrogen-bond acceptors (Lipinski definition) is 5. The summed E-state index contributed by atoms with van der Waals surface area (Å²) < 4.78 is 10.7. The Hall–Kier alpha value is -1.44. The van der Waals surface area contributed by atoms with Gasteiger partial charge in [0.15, 0.2) is 0 Å². The zero-order chi connectivity index (χ0) is 18.4. The number of urea groups is 1. The lowest BCUT2D eigenvalue weighted by Gasteiger charge is -2.43. The molecule has 0 aliphatic carbocycles. The molecular formula is C19H29N3O3S. The van der Waals surface area contributed by atoms with Gasteiger partial charge in [-0.3, -0.25) is 4.90 Å². The summed E-state index contributed by atoms with van der Waals surface area (Å²) >= 11 is 1.98. The standard InChI is InChI=1S/C19H29N3O3S/c1-21(13-16-3-5-17(24-2)6-4-16)18(23)20-14-19(7-12-26-15-19)22-8-10-25-11-9-22/h3-6H,7-15H2,1-2H3,(H,20,23)/t19-/m0/s1. The molecule has 2 saturated heterocycles. The van der Waals surface area contributed by atoms with Crippen LogP contribution in [0.3, 0.4) is 0 Å². The molecule has 0 saturated carbocycles. The largest absolute Gasteiger partial charge is 0.497 e. The molecule has 0 aromatic heterocycles. The number of benzene rings is 1. The molecule has 2 amide bonds. The molecule has 1 aromatic carbocycles. The fourth-order valence-corrected chi connectivity index (χ4v) is 5.06. The molecule has 0 unspecified atom stereocenters. The molecule has 1 aromatic rings. The van der Waals surface area contributed by atoms with Crippen LogP contribution in [-0.2, 0) is 11.3 Å². The van der Waals surface area contributed by atoms with E-state index in [4.69, 9.17) is 9.47 Å². The summed E-state index contributed by atoms with van der Waals surface area (Å²) in [5, 5.41) is 3.17. The first-order chi connectivity index (χ1) is 12.6. The molecule has 2 aliphatic rings. The van der Waals surface area contributed by atoms with Gasteiger partial charge in [0, 0.05) is 44.5 Å². The maximum atomic E-state index is 12.6. The zero-order valence-electron chi connectivity index (χ0n) is 15.7. The molecule has 144 valence electrons. The number of amides is 2. The third kappa shape index (κ3) is 4.64. The number of thioether (sulfide) groups is 1. The molecule has 1 atom stereocenters. The van der Waals surface area contributed by atoms with Crippen molar-refractivity contribution in [1.82, 2.24) is 15.1 Å².